The molecule has 0 saturated heterocycles. The average Bonchev–Trinajstić information content (AvgIpc) is 2.46. The number of nitrogens with one attached hydrogen (secondary N) is 1. The Kier molecular flexibility index (Phi) is 4.15. The minimum Gasteiger partial charge on any atom is -0.378 e. The topological polar surface area (TPSA) is 35.8 Å². The van der Waals surface area contributed by atoms with E-state index in [0.717, 1.165) is 12.1 Å². The molecule has 0 aromatic heterocycles. The number of anilines is 1. The van der Waals surface area contributed by atoms with Gasteiger partial charge in [0.25, 0.3) is 0 Å². The van der Waals surface area contributed by atoms with Crippen molar-refractivity contribution < 1.29 is 4.39 Å². The maximum absolute atomic E-state index is 13.8. The van der Waals surface area contributed by atoms with Crippen LogP contribution < -0.4 is 5.32 Å². The van der Waals surface area contributed by atoms with Crippen LogP contribution >= 0.6 is 0 Å². The third-order valence-corrected chi connectivity index (χ3v) is 3.02. The van der Waals surface area contributed by atoms with E-state index in [9.17, 15) is 4.39 Å². The third kappa shape index (κ3) is 3.11. The van der Waals surface area contributed by atoms with Crippen molar-refractivity contribution in [3.05, 3.63) is 65.5 Å². The number of rotatable bonds is 4. The van der Waals surface area contributed by atoms with E-state index in [2.05, 4.69) is 11.4 Å². The molecule has 2 rings (SSSR count). The summed E-state index contributed by atoms with van der Waals surface area (Å²) in [6, 6.07) is 16.0. The fraction of sp³-hybridized carbons (Fsp3) is 0.188. The van der Waals surface area contributed by atoms with Gasteiger partial charge in [0, 0.05) is 11.3 Å². The van der Waals surface area contributed by atoms with Gasteiger partial charge in [-0.25, -0.2) is 4.39 Å². The number of benzene rings is 2. The first-order valence-corrected chi connectivity index (χ1v) is 6.25. The summed E-state index contributed by atoms with van der Waals surface area (Å²) in [4.78, 5) is 0. The molecule has 96 valence electrons. The molecule has 0 aliphatic heterocycles. The minimum atomic E-state index is -0.210. The predicted octanol–water partition coefficient (Wildman–Crippen LogP) is 4.26. The quantitative estimate of drug-likeness (QED) is 0.884. The molecule has 0 aliphatic rings. The Hall–Kier alpha value is -2.34. The number of halogens is 1. The standard InChI is InChI=1S/C16H15FN2/c1-2-16(14-8-3-4-9-15(14)17)19-13-7-5-6-12(10-13)11-18/h3-10,16,19H,2H2,1H3. The molecule has 2 aromatic rings. The molecular formula is C16H15FN2. The first-order chi connectivity index (χ1) is 9.24. The van der Waals surface area contributed by atoms with Crippen molar-refractivity contribution in [3.63, 3.8) is 0 Å². The SMILES string of the molecule is CCC(Nc1cccc(C#N)c1)c1ccccc1F. The summed E-state index contributed by atoms with van der Waals surface area (Å²) in [6.07, 6.45) is 0.762. The fourth-order valence-corrected chi connectivity index (χ4v) is 2.04. The first kappa shape index (κ1) is 13.1. The predicted molar refractivity (Wildman–Crippen MR) is 74.2 cm³/mol. The molecule has 0 heterocycles. The van der Waals surface area contributed by atoms with Gasteiger partial charge in [-0.15, -0.1) is 0 Å². The zero-order valence-electron chi connectivity index (χ0n) is 10.7. The van der Waals surface area contributed by atoms with E-state index in [1.54, 1.807) is 24.3 Å². The van der Waals surface area contributed by atoms with Crippen LogP contribution in [-0.2, 0) is 0 Å². The van der Waals surface area contributed by atoms with Crippen LogP contribution in [0.4, 0.5) is 10.1 Å². The van der Waals surface area contributed by atoms with E-state index in [0.29, 0.717) is 11.1 Å². The van der Waals surface area contributed by atoms with E-state index < -0.39 is 0 Å². The molecule has 19 heavy (non-hydrogen) atoms. The average molecular weight is 254 g/mol. The molecule has 0 fully saturated rings. The molecule has 2 nitrogen and oxygen atoms in total. The van der Waals surface area contributed by atoms with Gasteiger partial charge in [-0.3, -0.25) is 0 Å². The van der Waals surface area contributed by atoms with E-state index in [1.807, 2.05) is 25.1 Å². The van der Waals surface area contributed by atoms with Crippen molar-refractivity contribution >= 4 is 5.69 Å². The summed E-state index contributed by atoms with van der Waals surface area (Å²) < 4.78 is 13.8. The normalized spacial score (nSPS) is 11.6. The van der Waals surface area contributed by atoms with Gasteiger partial charge in [-0.05, 0) is 30.7 Å². The summed E-state index contributed by atoms with van der Waals surface area (Å²) in [7, 11) is 0. The van der Waals surface area contributed by atoms with Gasteiger partial charge in [-0.2, -0.15) is 5.26 Å². The Morgan fingerprint density at radius 3 is 2.68 bits per heavy atom. The fourth-order valence-electron chi connectivity index (χ4n) is 2.04. The van der Waals surface area contributed by atoms with Crippen LogP contribution in [0.1, 0.15) is 30.5 Å². The number of nitrogens with zero attached hydrogens (tertiary/aromatic N) is 1. The van der Waals surface area contributed by atoms with Crippen molar-refractivity contribution in [2.24, 2.45) is 0 Å². The summed E-state index contributed by atoms with van der Waals surface area (Å²) in [5, 5.41) is 12.1. The van der Waals surface area contributed by atoms with Gasteiger partial charge in [0.1, 0.15) is 5.82 Å². The number of hydrogen-bond donors (Lipinski definition) is 1. The van der Waals surface area contributed by atoms with Crippen LogP contribution in [0.2, 0.25) is 0 Å². The lowest BCUT2D eigenvalue weighted by atomic mass is 10.0. The Bertz CT molecular complexity index is 602. The second-order valence-electron chi connectivity index (χ2n) is 4.32. The van der Waals surface area contributed by atoms with Crippen LogP contribution in [0.5, 0.6) is 0 Å². The molecule has 0 radical (unpaired) electrons. The molecule has 2 aromatic carbocycles. The molecule has 0 spiro atoms. The van der Waals surface area contributed by atoms with E-state index in [-0.39, 0.29) is 11.9 Å². The van der Waals surface area contributed by atoms with Crippen LogP contribution in [0, 0.1) is 17.1 Å². The molecule has 0 bridgehead atoms. The Morgan fingerprint density at radius 1 is 1.21 bits per heavy atom. The molecular weight excluding hydrogens is 239 g/mol. The van der Waals surface area contributed by atoms with Crippen LogP contribution in [0.25, 0.3) is 0 Å². The highest BCUT2D eigenvalue weighted by Gasteiger charge is 2.13. The van der Waals surface area contributed by atoms with Gasteiger partial charge in [0.15, 0.2) is 0 Å². The van der Waals surface area contributed by atoms with Gasteiger partial charge in [-0.1, -0.05) is 31.2 Å². The summed E-state index contributed by atoms with van der Waals surface area (Å²) in [5.41, 5.74) is 2.06. The Balaban J connectivity index is 2.24. The van der Waals surface area contributed by atoms with Crippen molar-refractivity contribution in [3.8, 4) is 6.07 Å². The third-order valence-electron chi connectivity index (χ3n) is 3.02. The highest BCUT2D eigenvalue weighted by molar-refractivity contribution is 5.50. The van der Waals surface area contributed by atoms with Gasteiger partial charge in [0.05, 0.1) is 17.7 Å². The molecule has 0 amide bonds. The van der Waals surface area contributed by atoms with Gasteiger partial charge in [0.2, 0.25) is 0 Å². The zero-order chi connectivity index (χ0) is 13.7. The molecule has 1 unspecified atom stereocenters. The molecule has 0 aliphatic carbocycles. The van der Waals surface area contributed by atoms with Crippen LogP contribution in [0.3, 0.4) is 0 Å². The van der Waals surface area contributed by atoms with E-state index in [4.69, 9.17) is 5.26 Å². The minimum absolute atomic E-state index is 0.102. The summed E-state index contributed by atoms with van der Waals surface area (Å²) in [6.45, 7) is 2.00. The zero-order valence-corrected chi connectivity index (χ0v) is 10.7. The van der Waals surface area contributed by atoms with Crippen molar-refractivity contribution in [1.82, 2.24) is 0 Å². The lowest BCUT2D eigenvalue weighted by molar-refractivity contribution is 0.587. The highest BCUT2D eigenvalue weighted by Crippen LogP contribution is 2.24. The van der Waals surface area contributed by atoms with Gasteiger partial charge >= 0.3 is 0 Å². The smallest absolute Gasteiger partial charge is 0.128 e. The van der Waals surface area contributed by atoms with E-state index >= 15 is 0 Å². The maximum Gasteiger partial charge on any atom is 0.128 e. The molecule has 1 N–H and O–H groups in total. The Labute approximate surface area is 112 Å². The molecule has 0 saturated carbocycles. The monoisotopic (exact) mass is 254 g/mol. The summed E-state index contributed by atoms with van der Waals surface area (Å²) in [5.74, 6) is -0.210. The number of hydrogen-bond acceptors (Lipinski definition) is 2. The highest BCUT2D eigenvalue weighted by atomic mass is 19.1. The second kappa shape index (κ2) is 6.01. The molecule has 3 heteroatoms. The van der Waals surface area contributed by atoms with Gasteiger partial charge < -0.3 is 5.32 Å². The maximum atomic E-state index is 13.8. The van der Waals surface area contributed by atoms with Crippen LogP contribution in [-0.4, -0.2) is 0 Å². The Morgan fingerprint density at radius 2 is 2.00 bits per heavy atom. The largest absolute Gasteiger partial charge is 0.378 e. The van der Waals surface area contributed by atoms with Crippen molar-refractivity contribution in [2.75, 3.05) is 5.32 Å². The van der Waals surface area contributed by atoms with Crippen molar-refractivity contribution in [1.29, 1.82) is 5.26 Å². The van der Waals surface area contributed by atoms with Crippen LogP contribution in [0.15, 0.2) is 48.5 Å². The first-order valence-electron chi connectivity index (χ1n) is 6.25. The van der Waals surface area contributed by atoms with E-state index in [1.165, 1.54) is 6.07 Å². The lowest BCUT2D eigenvalue weighted by Gasteiger charge is -2.19. The number of nitriles is 1. The second-order valence-corrected chi connectivity index (χ2v) is 4.32. The summed E-state index contributed by atoms with van der Waals surface area (Å²) >= 11 is 0. The molecule has 1 atom stereocenters. The van der Waals surface area contributed by atoms with Crippen molar-refractivity contribution in [2.45, 2.75) is 19.4 Å². The lowest BCUT2D eigenvalue weighted by Crippen LogP contribution is -2.11.